The van der Waals surface area contributed by atoms with Crippen molar-refractivity contribution in [2.24, 2.45) is 0 Å². The molecule has 0 amide bonds. The van der Waals surface area contributed by atoms with E-state index in [0.717, 1.165) is 0 Å². The predicted octanol–water partition coefficient (Wildman–Crippen LogP) is 20.0. The Morgan fingerprint density at radius 2 is 0.283 bits per heavy atom. The average molecular weight is 781 g/mol. The van der Waals surface area contributed by atoms with Crippen LogP contribution < -0.4 is 0 Å². The van der Waals surface area contributed by atoms with E-state index in [4.69, 9.17) is 0 Å². The second-order valence-corrected chi connectivity index (χ2v) is 23.1. The van der Waals surface area contributed by atoms with Gasteiger partial charge in [-0.3, -0.25) is 0 Å². The third-order valence-corrected chi connectivity index (χ3v) is 18.0. The molecule has 0 bridgehead atoms. The van der Waals surface area contributed by atoms with E-state index in [1.165, 1.54) is 231 Å². The van der Waals surface area contributed by atoms with E-state index in [2.05, 4.69) is 27.7 Å². The molecule has 0 aliphatic heterocycles. The van der Waals surface area contributed by atoms with Crippen molar-refractivity contribution >= 4 is 15.8 Å². The van der Waals surface area contributed by atoms with E-state index in [-0.39, 0.29) is 0 Å². The van der Waals surface area contributed by atoms with E-state index in [1.807, 2.05) is 0 Å². The molecule has 0 rings (SSSR count). The Bertz CT molecular complexity index is 519. The molecule has 0 aromatic rings. The zero-order valence-electron chi connectivity index (χ0n) is 38.1. The van der Waals surface area contributed by atoms with Crippen LogP contribution in [0.4, 0.5) is 0 Å². The van der Waals surface area contributed by atoms with Crippen molar-refractivity contribution in [3.63, 3.8) is 0 Å². The van der Waals surface area contributed by atoms with Crippen LogP contribution in [0, 0.1) is 0 Å². The molecule has 2 heteroatoms. The molecule has 0 saturated carbocycles. The summed E-state index contributed by atoms with van der Waals surface area (Å²) in [4.78, 5) is 0. The van der Waals surface area contributed by atoms with Crippen LogP contribution in [-0.4, -0.2) is 37.0 Å². The van der Waals surface area contributed by atoms with Crippen molar-refractivity contribution in [3.8, 4) is 0 Å². The lowest BCUT2D eigenvalue weighted by Gasteiger charge is -2.22. The van der Waals surface area contributed by atoms with E-state index in [0.29, 0.717) is 15.8 Å². The summed E-state index contributed by atoms with van der Waals surface area (Å²) < 4.78 is 0. The first-order valence-corrected chi connectivity index (χ1v) is 29.5. The molecule has 0 N–H and O–H groups in total. The topological polar surface area (TPSA) is 0 Å². The third-order valence-electron chi connectivity index (χ3n) is 12.3. The fourth-order valence-corrected chi connectivity index (χ4v) is 14.0. The summed E-state index contributed by atoms with van der Waals surface area (Å²) >= 11 is 0. The van der Waals surface area contributed by atoms with Gasteiger partial charge in [-0.25, -0.2) is 0 Å². The molecule has 0 spiro atoms. The third kappa shape index (κ3) is 45.4. The molecule has 0 saturated heterocycles. The van der Waals surface area contributed by atoms with Crippen LogP contribution in [-0.2, 0) is 0 Å². The van der Waals surface area contributed by atoms with E-state index in [1.54, 1.807) is 69.1 Å². The highest BCUT2D eigenvalue weighted by atomic mass is 31.1. The molecule has 0 nitrogen and oxygen atoms in total. The number of unbranched alkanes of at least 4 members (excludes halogenated alkanes) is 36. The second-order valence-electron chi connectivity index (χ2n) is 17.8. The first-order valence-electron chi connectivity index (χ1n) is 25.7. The molecule has 320 valence electrons. The minimum Gasteiger partial charge on any atom is -0.107 e. The standard InChI is InChI=1S/C51H106P2/c1-5-9-13-17-21-25-29-33-37-41-46-52(47-42-38-34-30-26-22-18-14-10-6-2)50-45-51-53(48-43-39-35-31-27-23-19-15-11-7-3)49-44-40-36-32-28-24-20-16-12-8-4/h5-51H2,1-4H3. The maximum atomic E-state index is 2.34. The van der Waals surface area contributed by atoms with Gasteiger partial charge < -0.3 is 0 Å². The molecule has 53 heavy (non-hydrogen) atoms. The highest BCUT2D eigenvalue weighted by Crippen LogP contribution is 2.44. The van der Waals surface area contributed by atoms with Gasteiger partial charge in [0.05, 0.1) is 0 Å². The van der Waals surface area contributed by atoms with Gasteiger partial charge in [-0.15, -0.1) is 15.8 Å². The molecular weight excluding hydrogens is 675 g/mol. The lowest BCUT2D eigenvalue weighted by molar-refractivity contribution is 0.561. The van der Waals surface area contributed by atoms with Gasteiger partial charge in [0.15, 0.2) is 0 Å². The Labute approximate surface area is 342 Å². The molecule has 0 aromatic carbocycles. The molecule has 0 atom stereocenters. The monoisotopic (exact) mass is 781 g/mol. The van der Waals surface area contributed by atoms with Crippen LogP contribution >= 0.6 is 15.8 Å². The SMILES string of the molecule is CCCCCCCCCCCCP(CCCCCCCCCCCC)CCCP(CCCCCCCCCCCC)CCCCCCCCCCCC. The highest BCUT2D eigenvalue weighted by molar-refractivity contribution is 7.58. The zero-order valence-corrected chi connectivity index (χ0v) is 39.9. The van der Waals surface area contributed by atoms with Crippen LogP contribution in [0.25, 0.3) is 0 Å². The van der Waals surface area contributed by atoms with Crippen molar-refractivity contribution < 1.29 is 0 Å². The van der Waals surface area contributed by atoms with Gasteiger partial charge in [-0.1, -0.05) is 259 Å². The normalized spacial score (nSPS) is 11.9. The van der Waals surface area contributed by atoms with Gasteiger partial charge in [0.25, 0.3) is 0 Å². The smallest absolute Gasteiger partial charge is 0.0323 e. The number of hydrogen-bond acceptors (Lipinski definition) is 0. The summed E-state index contributed by atoms with van der Waals surface area (Å²) in [5, 5.41) is 0. The summed E-state index contributed by atoms with van der Waals surface area (Å²) in [5.74, 6) is 0. The van der Waals surface area contributed by atoms with Crippen molar-refractivity contribution in [2.45, 2.75) is 291 Å². The van der Waals surface area contributed by atoms with Crippen LogP contribution in [0.15, 0.2) is 0 Å². The molecule has 0 fully saturated rings. The van der Waals surface area contributed by atoms with Gasteiger partial charge in [0.1, 0.15) is 0 Å². The van der Waals surface area contributed by atoms with Gasteiger partial charge in [0, 0.05) is 0 Å². The number of hydrogen-bond donors (Lipinski definition) is 0. The lowest BCUT2D eigenvalue weighted by Crippen LogP contribution is -2.02. The molecule has 0 aromatic heterocycles. The lowest BCUT2D eigenvalue weighted by atomic mass is 10.1. The largest absolute Gasteiger partial charge is 0.107 e. The fraction of sp³-hybridized carbons (Fsp3) is 1.00. The van der Waals surface area contributed by atoms with Gasteiger partial charge >= 0.3 is 0 Å². The van der Waals surface area contributed by atoms with Crippen molar-refractivity contribution in [3.05, 3.63) is 0 Å². The van der Waals surface area contributed by atoms with Crippen LogP contribution in [0.2, 0.25) is 0 Å². The molecular formula is C51H106P2. The van der Waals surface area contributed by atoms with Gasteiger partial charge in [-0.05, 0) is 69.1 Å². The first-order chi connectivity index (χ1) is 26.3. The Balaban J connectivity index is 4.63. The molecule has 0 unspecified atom stereocenters. The summed E-state index contributed by atoms with van der Waals surface area (Å²) in [5.41, 5.74) is 0. The maximum absolute atomic E-state index is 2.34. The maximum Gasteiger partial charge on any atom is -0.0323 e. The average Bonchev–Trinajstić information content (AvgIpc) is 3.17. The Morgan fingerprint density at radius 1 is 0.151 bits per heavy atom. The number of rotatable bonds is 48. The first kappa shape index (κ1) is 53.9. The minimum atomic E-state index is 0.292. The van der Waals surface area contributed by atoms with Crippen LogP contribution in [0.1, 0.15) is 291 Å². The van der Waals surface area contributed by atoms with E-state index >= 15 is 0 Å². The van der Waals surface area contributed by atoms with E-state index in [9.17, 15) is 0 Å². The summed E-state index contributed by atoms with van der Waals surface area (Å²) in [6, 6.07) is 0. The molecule has 0 aliphatic rings. The predicted molar refractivity (Wildman–Crippen MR) is 255 cm³/mol. The quantitative estimate of drug-likeness (QED) is 0.0426. The fourth-order valence-electron chi connectivity index (χ4n) is 8.48. The van der Waals surface area contributed by atoms with Crippen molar-refractivity contribution in [1.29, 1.82) is 0 Å². The Morgan fingerprint density at radius 3 is 0.453 bits per heavy atom. The molecule has 0 heterocycles. The van der Waals surface area contributed by atoms with Crippen molar-refractivity contribution in [1.82, 2.24) is 0 Å². The zero-order chi connectivity index (χ0) is 38.4. The van der Waals surface area contributed by atoms with Crippen LogP contribution in [0.5, 0.6) is 0 Å². The Kier molecular flexibility index (Phi) is 49.8. The Hall–Kier alpha value is 0.860. The summed E-state index contributed by atoms with van der Waals surface area (Å²) in [6.45, 7) is 9.35. The minimum absolute atomic E-state index is 0.292. The molecule has 0 radical (unpaired) electrons. The van der Waals surface area contributed by atoms with Gasteiger partial charge in [-0.2, -0.15) is 0 Å². The second kappa shape index (κ2) is 49.0. The van der Waals surface area contributed by atoms with Crippen LogP contribution in [0.3, 0.4) is 0 Å². The highest BCUT2D eigenvalue weighted by Gasteiger charge is 2.12. The van der Waals surface area contributed by atoms with Gasteiger partial charge in [0.2, 0.25) is 0 Å². The summed E-state index contributed by atoms with van der Waals surface area (Å²) in [6.07, 6.45) is 70.7. The van der Waals surface area contributed by atoms with E-state index < -0.39 is 0 Å². The molecule has 0 aliphatic carbocycles. The van der Waals surface area contributed by atoms with Crippen molar-refractivity contribution in [2.75, 3.05) is 37.0 Å². The summed E-state index contributed by atoms with van der Waals surface area (Å²) in [7, 11) is 0.584.